The van der Waals surface area contributed by atoms with Crippen molar-refractivity contribution < 1.29 is 14.6 Å². The maximum absolute atomic E-state index is 12.4. The molecule has 2 N–H and O–H groups in total. The Hall–Kier alpha value is -2.08. The van der Waals surface area contributed by atoms with Crippen molar-refractivity contribution in [2.45, 2.75) is 51.4 Å². The highest BCUT2D eigenvalue weighted by molar-refractivity contribution is 5.79. The molecule has 3 heterocycles. The molecule has 1 aliphatic rings. The van der Waals surface area contributed by atoms with Crippen molar-refractivity contribution in [3.05, 3.63) is 30.1 Å². The Labute approximate surface area is 135 Å². The molecule has 0 unspecified atom stereocenters. The van der Waals surface area contributed by atoms with Gasteiger partial charge in [0.2, 0.25) is 0 Å². The van der Waals surface area contributed by atoms with E-state index in [0.717, 1.165) is 16.6 Å². The van der Waals surface area contributed by atoms with E-state index in [1.54, 1.807) is 11.1 Å². The number of rotatable bonds is 2. The molecule has 2 aromatic rings. The SMILES string of the molecule is CC(C)(C)OC(=O)N1CC[C@H](O)[C@H]1Cc1c[nH]c2ncccc12. The smallest absolute Gasteiger partial charge is 0.410 e. The minimum atomic E-state index is -0.542. The number of amides is 1. The van der Waals surface area contributed by atoms with E-state index in [0.29, 0.717) is 19.4 Å². The van der Waals surface area contributed by atoms with E-state index in [2.05, 4.69) is 9.97 Å². The minimum absolute atomic E-state index is 0.274. The monoisotopic (exact) mass is 317 g/mol. The van der Waals surface area contributed by atoms with Gasteiger partial charge in [0, 0.05) is 24.3 Å². The molecule has 0 saturated carbocycles. The van der Waals surface area contributed by atoms with Gasteiger partial charge in [0.1, 0.15) is 11.2 Å². The third kappa shape index (κ3) is 3.32. The summed E-state index contributed by atoms with van der Waals surface area (Å²) >= 11 is 0. The molecule has 23 heavy (non-hydrogen) atoms. The number of carbonyl (C=O) groups excluding carboxylic acids is 1. The summed E-state index contributed by atoms with van der Waals surface area (Å²) < 4.78 is 5.46. The zero-order valence-electron chi connectivity index (χ0n) is 13.7. The van der Waals surface area contributed by atoms with Gasteiger partial charge >= 0.3 is 6.09 Å². The summed E-state index contributed by atoms with van der Waals surface area (Å²) in [6, 6.07) is 3.60. The first kappa shape index (κ1) is 15.8. The average molecular weight is 317 g/mol. The van der Waals surface area contributed by atoms with Gasteiger partial charge in [-0.3, -0.25) is 0 Å². The number of ether oxygens (including phenoxy) is 1. The number of H-pyrrole nitrogens is 1. The van der Waals surface area contributed by atoms with E-state index in [-0.39, 0.29) is 12.1 Å². The molecule has 6 heteroatoms. The maximum Gasteiger partial charge on any atom is 0.410 e. The van der Waals surface area contributed by atoms with Crippen molar-refractivity contribution in [2.24, 2.45) is 0 Å². The van der Waals surface area contributed by atoms with Crippen LogP contribution in [0.15, 0.2) is 24.5 Å². The summed E-state index contributed by atoms with van der Waals surface area (Å²) in [6.07, 6.45) is 3.88. The van der Waals surface area contributed by atoms with Crippen molar-refractivity contribution in [1.29, 1.82) is 0 Å². The Kier molecular flexibility index (Phi) is 4.02. The van der Waals surface area contributed by atoms with Crippen LogP contribution in [0.2, 0.25) is 0 Å². The lowest BCUT2D eigenvalue weighted by Gasteiger charge is -2.29. The number of fused-ring (bicyclic) bond motifs is 1. The lowest BCUT2D eigenvalue weighted by Crippen LogP contribution is -2.43. The number of carbonyl (C=O) groups is 1. The van der Waals surface area contributed by atoms with E-state index in [1.807, 2.05) is 39.1 Å². The number of nitrogens with one attached hydrogen (secondary N) is 1. The highest BCUT2D eigenvalue weighted by Crippen LogP contribution is 2.26. The van der Waals surface area contributed by atoms with E-state index in [1.165, 1.54) is 0 Å². The molecule has 0 bridgehead atoms. The predicted octanol–water partition coefficient (Wildman–Crippen LogP) is 2.48. The maximum atomic E-state index is 12.4. The molecule has 0 spiro atoms. The average Bonchev–Trinajstić information content (AvgIpc) is 3.03. The topological polar surface area (TPSA) is 78.5 Å². The van der Waals surface area contributed by atoms with Gasteiger partial charge in [0.25, 0.3) is 0 Å². The first-order valence-corrected chi connectivity index (χ1v) is 7.94. The van der Waals surface area contributed by atoms with Crippen LogP contribution in [0.5, 0.6) is 0 Å². The van der Waals surface area contributed by atoms with E-state index < -0.39 is 11.7 Å². The highest BCUT2D eigenvalue weighted by Gasteiger charge is 2.38. The fraction of sp³-hybridized carbons (Fsp3) is 0.529. The Bertz CT molecular complexity index is 704. The second kappa shape index (κ2) is 5.85. The lowest BCUT2D eigenvalue weighted by atomic mass is 10.0. The van der Waals surface area contributed by atoms with Gasteiger partial charge in [-0.15, -0.1) is 0 Å². The van der Waals surface area contributed by atoms with Crippen LogP contribution in [0.25, 0.3) is 11.0 Å². The van der Waals surface area contributed by atoms with E-state index in [9.17, 15) is 9.90 Å². The fourth-order valence-corrected chi connectivity index (χ4v) is 3.04. The third-order valence-electron chi connectivity index (χ3n) is 4.10. The second-order valence-corrected chi connectivity index (χ2v) is 7.01. The predicted molar refractivity (Wildman–Crippen MR) is 87.1 cm³/mol. The van der Waals surface area contributed by atoms with Gasteiger partial charge in [-0.05, 0) is 51.3 Å². The molecule has 2 aromatic heterocycles. The molecule has 1 fully saturated rings. The molecule has 0 aliphatic carbocycles. The number of aromatic amines is 1. The highest BCUT2D eigenvalue weighted by atomic mass is 16.6. The van der Waals surface area contributed by atoms with Crippen LogP contribution in [0, 0.1) is 0 Å². The minimum Gasteiger partial charge on any atom is -0.444 e. The number of hydrogen-bond acceptors (Lipinski definition) is 4. The van der Waals surface area contributed by atoms with Crippen LogP contribution in [-0.2, 0) is 11.2 Å². The van der Waals surface area contributed by atoms with Crippen LogP contribution < -0.4 is 0 Å². The Morgan fingerprint density at radius 3 is 3.04 bits per heavy atom. The molecule has 0 aromatic carbocycles. The first-order valence-electron chi connectivity index (χ1n) is 7.94. The molecule has 124 valence electrons. The number of hydrogen-bond donors (Lipinski definition) is 2. The van der Waals surface area contributed by atoms with Gasteiger partial charge in [-0.2, -0.15) is 0 Å². The van der Waals surface area contributed by atoms with Crippen molar-refractivity contribution in [1.82, 2.24) is 14.9 Å². The van der Waals surface area contributed by atoms with Gasteiger partial charge in [-0.25, -0.2) is 9.78 Å². The summed E-state index contributed by atoms with van der Waals surface area (Å²) in [7, 11) is 0. The number of aliphatic hydroxyl groups excluding tert-OH is 1. The Morgan fingerprint density at radius 1 is 1.52 bits per heavy atom. The van der Waals surface area contributed by atoms with Crippen molar-refractivity contribution >= 4 is 17.1 Å². The quantitative estimate of drug-likeness (QED) is 0.892. The van der Waals surface area contributed by atoms with Crippen molar-refractivity contribution in [3.63, 3.8) is 0 Å². The van der Waals surface area contributed by atoms with Gasteiger partial charge in [-0.1, -0.05) is 0 Å². The molecule has 3 rings (SSSR count). The third-order valence-corrected chi connectivity index (χ3v) is 4.10. The molecular weight excluding hydrogens is 294 g/mol. The largest absolute Gasteiger partial charge is 0.444 e. The molecular formula is C17H23N3O3. The summed E-state index contributed by atoms with van der Waals surface area (Å²) in [6.45, 7) is 6.05. The van der Waals surface area contributed by atoms with Crippen molar-refractivity contribution in [3.8, 4) is 0 Å². The standard InChI is InChI=1S/C17H23N3O3/c1-17(2,3)23-16(22)20-8-6-14(21)13(20)9-11-10-19-15-12(11)5-4-7-18-15/h4-5,7,10,13-14,21H,6,8-9H2,1-3H3,(H,18,19)/t13-,14+/m1/s1. The van der Waals surface area contributed by atoms with Gasteiger partial charge in [0.05, 0.1) is 12.1 Å². The Balaban J connectivity index is 1.80. The van der Waals surface area contributed by atoms with Crippen LogP contribution in [0.4, 0.5) is 4.79 Å². The normalized spacial score (nSPS) is 21.8. The number of pyridine rings is 1. The van der Waals surface area contributed by atoms with E-state index in [4.69, 9.17) is 4.74 Å². The number of aliphatic hydroxyl groups is 1. The van der Waals surface area contributed by atoms with Gasteiger partial charge < -0.3 is 19.7 Å². The summed E-state index contributed by atoms with van der Waals surface area (Å²) in [5.41, 5.74) is 1.33. The number of nitrogens with zero attached hydrogens (tertiary/aromatic N) is 2. The van der Waals surface area contributed by atoms with Crippen LogP contribution >= 0.6 is 0 Å². The fourth-order valence-electron chi connectivity index (χ4n) is 3.04. The number of likely N-dealkylation sites (tertiary alicyclic amines) is 1. The molecule has 1 saturated heterocycles. The number of aromatic nitrogens is 2. The summed E-state index contributed by atoms with van der Waals surface area (Å²) in [4.78, 5) is 21.4. The molecule has 1 aliphatic heterocycles. The van der Waals surface area contributed by atoms with Crippen LogP contribution in [0.1, 0.15) is 32.8 Å². The first-order chi connectivity index (χ1) is 10.8. The molecule has 1 amide bonds. The van der Waals surface area contributed by atoms with Gasteiger partial charge in [0.15, 0.2) is 0 Å². The van der Waals surface area contributed by atoms with Crippen molar-refractivity contribution in [2.75, 3.05) is 6.54 Å². The van der Waals surface area contributed by atoms with Crippen LogP contribution in [-0.4, -0.2) is 50.4 Å². The summed E-state index contributed by atoms with van der Waals surface area (Å²) in [5, 5.41) is 11.3. The van der Waals surface area contributed by atoms with Crippen LogP contribution in [0.3, 0.4) is 0 Å². The molecule has 6 nitrogen and oxygen atoms in total. The zero-order chi connectivity index (χ0) is 16.6. The molecule has 0 radical (unpaired) electrons. The Morgan fingerprint density at radius 2 is 2.30 bits per heavy atom. The zero-order valence-corrected chi connectivity index (χ0v) is 13.7. The van der Waals surface area contributed by atoms with E-state index >= 15 is 0 Å². The second-order valence-electron chi connectivity index (χ2n) is 7.01. The molecule has 2 atom stereocenters. The summed E-state index contributed by atoms with van der Waals surface area (Å²) in [5.74, 6) is 0. The lowest BCUT2D eigenvalue weighted by molar-refractivity contribution is 0.0156.